The van der Waals surface area contributed by atoms with E-state index in [-0.39, 0.29) is 30.0 Å². The van der Waals surface area contributed by atoms with Crippen molar-refractivity contribution in [3.05, 3.63) is 29.8 Å². The molecule has 0 aliphatic carbocycles. The molecule has 3 nitrogen and oxygen atoms in total. The Kier molecular flexibility index (Phi) is 4.68. The highest BCUT2D eigenvalue weighted by Crippen LogP contribution is 2.29. The van der Waals surface area contributed by atoms with Gasteiger partial charge in [0.15, 0.2) is 0 Å². The Morgan fingerprint density at radius 3 is 2.35 bits per heavy atom. The fourth-order valence-corrected chi connectivity index (χ4v) is 1.45. The first-order valence-corrected chi connectivity index (χ1v) is 5.65. The van der Waals surface area contributed by atoms with Crippen LogP contribution in [0.1, 0.15) is 5.56 Å². The van der Waals surface area contributed by atoms with Gasteiger partial charge in [-0.05, 0) is 36.0 Å². The Labute approximate surface area is 101 Å². The summed E-state index contributed by atoms with van der Waals surface area (Å²) in [6, 6.07) is 6.28. The molecule has 0 heterocycles. The minimum Gasteiger partial charge on any atom is -0.493 e. The van der Waals surface area contributed by atoms with Crippen molar-refractivity contribution >= 4 is 17.6 Å². The van der Waals surface area contributed by atoms with Crippen molar-refractivity contribution < 1.29 is 17.9 Å². The van der Waals surface area contributed by atoms with Gasteiger partial charge in [-0.1, -0.05) is 0 Å². The number of nitrogens with one attached hydrogen (secondary N) is 1. The number of halogens is 3. The second-order valence-corrected chi connectivity index (χ2v) is 4.24. The van der Waals surface area contributed by atoms with Gasteiger partial charge in [0.25, 0.3) is 0 Å². The Morgan fingerprint density at radius 1 is 1.29 bits per heavy atom. The highest BCUT2D eigenvalue weighted by Gasteiger charge is 2.27. The zero-order chi connectivity index (χ0) is 12.9. The van der Waals surface area contributed by atoms with Crippen LogP contribution in [0.2, 0.25) is 0 Å². The van der Waals surface area contributed by atoms with Gasteiger partial charge in [0, 0.05) is 11.3 Å². The molecule has 0 aromatic heterocycles. The fraction of sp³-hybridized carbons (Fsp3) is 0.300. The van der Waals surface area contributed by atoms with Crippen molar-refractivity contribution in [2.24, 2.45) is 5.73 Å². The normalized spacial score (nSPS) is 11.2. The summed E-state index contributed by atoms with van der Waals surface area (Å²) < 4.78 is 40.5. The summed E-state index contributed by atoms with van der Waals surface area (Å²) in [5.41, 5.74) is 1.57. The number of thioether (sulfide) groups is 1. The number of alkyl halides is 3. The molecule has 0 aliphatic rings. The molecule has 94 valence electrons. The number of amidine groups is 1. The topological polar surface area (TPSA) is 59.1 Å². The first-order valence-electron chi connectivity index (χ1n) is 4.66. The highest BCUT2D eigenvalue weighted by atomic mass is 32.2. The van der Waals surface area contributed by atoms with Crippen LogP contribution in [0.15, 0.2) is 24.3 Å². The molecule has 0 aliphatic heterocycles. The molecule has 0 radical (unpaired) electrons. The van der Waals surface area contributed by atoms with Gasteiger partial charge in [-0.15, -0.1) is 0 Å². The standard InChI is InChI=1S/C10H11F3N2OS/c11-10(12,13)17-6-5-16-8-3-1-7(2-4-8)9(14)15/h1-4H,5-6H2,(H3,14,15). The molecule has 17 heavy (non-hydrogen) atoms. The van der Waals surface area contributed by atoms with Crippen LogP contribution in [0.3, 0.4) is 0 Å². The molecule has 0 atom stereocenters. The van der Waals surface area contributed by atoms with Gasteiger partial charge < -0.3 is 10.5 Å². The lowest BCUT2D eigenvalue weighted by Crippen LogP contribution is -2.11. The summed E-state index contributed by atoms with van der Waals surface area (Å²) in [6.07, 6.45) is 0. The Balaban J connectivity index is 2.35. The lowest BCUT2D eigenvalue weighted by molar-refractivity contribution is -0.0329. The molecule has 1 rings (SSSR count). The van der Waals surface area contributed by atoms with Crippen LogP contribution in [-0.2, 0) is 0 Å². The Hall–Kier alpha value is -1.37. The maximum atomic E-state index is 11.8. The first-order chi connectivity index (χ1) is 7.88. The Morgan fingerprint density at radius 2 is 1.88 bits per heavy atom. The van der Waals surface area contributed by atoms with Crippen LogP contribution in [0, 0.1) is 5.41 Å². The van der Waals surface area contributed by atoms with Crippen LogP contribution in [0.25, 0.3) is 0 Å². The molecule has 0 amide bonds. The molecule has 0 unspecified atom stereocenters. The van der Waals surface area contributed by atoms with E-state index in [1.807, 2.05) is 0 Å². The minimum absolute atomic E-state index is 0.0242. The van der Waals surface area contributed by atoms with E-state index in [0.29, 0.717) is 11.3 Å². The summed E-state index contributed by atoms with van der Waals surface area (Å²) in [4.78, 5) is 0. The molecule has 0 fully saturated rings. The highest BCUT2D eigenvalue weighted by molar-refractivity contribution is 8.00. The predicted molar refractivity (Wildman–Crippen MR) is 61.5 cm³/mol. The summed E-state index contributed by atoms with van der Waals surface area (Å²) in [5.74, 6) is 0.236. The molecule has 0 spiro atoms. The van der Waals surface area contributed by atoms with E-state index in [2.05, 4.69) is 0 Å². The number of rotatable bonds is 5. The second-order valence-electron chi connectivity index (χ2n) is 3.08. The summed E-state index contributed by atoms with van der Waals surface area (Å²) in [5, 5.41) is 7.15. The van der Waals surface area contributed by atoms with Gasteiger partial charge >= 0.3 is 5.51 Å². The molecule has 1 aromatic rings. The van der Waals surface area contributed by atoms with Gasteiger partial charge in [-0.3, -0.25) is 5.41 Å². The molecule has 1 aromatic carbocycles. The molecule has 7 heteroatoms. The minimum atomic E-state index is -4.22. The van der Waals surface area contributed by atoms with Crippen molar-refractivity contribution in [1.82, 2.24) is 0 Å². The third-order valence-electron chi connectivity index (χ3n) is 1.78. The van der Waals surface area contributed by atoms with E-state index < -0.39 is 5.51 Å². The third-order valence-corrected chi connectivity index (χ3v) is 2.48. The van der Waals surface area contributed by atoms with Crippen LogP contribution in [-0.4, -0.2) is 23.7 Å². The smallest absolute Gasteiger partial charge is 0.441 e. The summed E-state index contributed by atoms with van der Waals surface area (Å²) in [6.45, 7) is -0.0242. The molecule has 3 N–H and O–H groups in total. The number of benzene rings is 1. The molecule has 0 saturated heterocycles. The van der Waals surface area contributed by atoms with Gasteiger partial charge in [-0.2, -0.15) is 13.2 Å². The van der Waals surface area contributed by atoms with Crippen molar-refractivity contribution in [1.29, 1.82) is 5.41 Å². The van der Waals surface area contributed by atoms with E-state index in [1.54, 1.807) is 24.3 Å². The molecule has 0 saturated carbocycles. The molecular formula is C10H11F3N2OS. The zero-order valence-corrected chi connectivity index (χ0v) is 9.57. The van der Waals surface area contributed by atoms with Crippen LogP contribution < -0.4 is 10.5 Å². The van der Waals surface area contributed by atoms with Gasteiger partial charge in [-0.25, -0.2) is 0 Å². The Bertz CT molecular complexity index is 378. The zero-order valence-electron chi connectivity index (χ0n) is 8.75. The fourth-order valence-electron chi connectivity index (χ4n) is 1.05. The van der Waals surface area contributed by atoms with Gasteiger partial charge in [0.1, 0.15) is 11.6 Å². The van der Waals surface area contributed by atoms with E-state index in [0.717, 1.165) is 0 Å². The quantitative estimate of drug-likeness (QED) is 0.488. The monoisotopic (exact) mass is 264 g/mol. The molecule has 0 bridgehead atoms. The number of nitrogen functional groups attached to an aromatic ring is 1. The van der Waals surface area contributed by atoms with Crippen molar-refractivity contribution in [3.8, 4) is 5.75 Å². The van der Waals surface area contributed by atoms with Gasteiger partial charge in [0.2, 0.25) is 0 Å². The van der Waals surface area contributed by atoms with E-state index in [1.165, 1.54) is 0 Å². The average Bonchev–Trinajstić information content (AvgIpc) is 2.24. The predicted octanol–water partition coefficient (Wildman–Crippen LogP) is 2.60. The summed E-state index contributed by atoms with van der Waals surface area (Å²) in [7, 11) is 0. The number of nitrogens with two attached hydrogens (primary N) is 1. The number of ether oxygens (including phenoxy) is 1. The number of hydrogen-bond acceptors (Lipinski definition) is 3. The van der Waals surface area contributed by atoms with Crippen LogP contribution >= 0.6 is 11.8 Å². The third kappa shape index (κ3) is 5.48. The maximum Gasteiger partial charge on any atom is 0.441 e. The molecular weight excluding hydrogens is 253 g/mol. The van der Waals surface area contributed by atoms with Gasteiger partial charge in [0.05, 0.1) is 6.61 Å². The van der Waals surface area contributed by atoms with Crippen LogP contribution in [0.4, 0.5) is 13.2 Å². The van der Waals surface area contributed by atoms with Crippen molar-refractivity contribution in [2.45, 2.75) is 5.51 Å². The van der Waals surface area contributed by atoms with E-state index in [9.17, 15) is 13.2 Å². The summed E-state index contributed by atoms with van der Waals surface area (Å²) >= 11 is -0.118. The maximum absolute atomic E-state index is 11.8. The van der Waals surface area contributed by atoms with E-state index in [4.69, 9.17) is 15.9 Å². The van der Waals surface area contributed by atoms with Crippen LogP contribution in [0.5, 0.6) is 5.75 Å². The first kappa shape index (κ1) is 13.7. The number of hydrogen-bond donors (Lipinski definition) is 2. The largest absolute Gasteiger partial charge is 0.493 e. The lowest BCUT2D eigenvalue weighted by Gasteiger charge is -2.08. The van der Waals surface area contributed by atoms with Crippen molar-refractivity contribution in [2.75, 3.05) is 12.4 Å². The van der Waals surface area contributed by atoms with E-state index >= 15 is 0 Å². The SMILES string of the molecule is N=C(N)c1ccc(OCCSC(F)(F)F)cc1. The average molecular weight is 264 g/mol. The van der Waals surface area contributed by atoms with Crippen molar-refractivity contribution in [3.63, 3.8) is 0 Å². The lowest BCUT2D eigenvalue weighted by atomic mass is 10.2. The second kappa shape index (κ2) is 5.81.